The van der Waals surface area contributed by atoms with Crippen molar-refractivity contribution >= 4 is 22.6 Å². The lowest BCUT2D eigenvalue weighted by Crippen LogP contribution is -2.25. The molecule has 0 heterocycles. The molecule has 3 rings (SSSR count). The summed E-state index contributed by atoms with van der Waals surface area (Å²) in [6.07, 6.45) is 12.1. The van der Waals surface area contributed by atoms with Crippen molar-refractivity contribution in [2.24, 2.45) is 17.8 Å². The fraction of sp³-hybridized carbons (Fsp3) is 0.714. The van der Waals surface area contributed by atoms with E-state index in [2.05, 4.69) is 6.92 Å². The molecular weight excluding hydrogens is 436 g/mol. The number of hydrogen-bond acceptors (Lipinski definition) is 0. The standard InChI is InChI=1S/C21H28F3I/c1-2-3-13-4-6-14(7-5-13)15-8-10-16(11-9-15)17-12-18(25)20(23)21(24)19(17)22/h12-16H,2-11H2,1H3/t13-,14-,15?,16?. The Hall–Kier alpha value is -0.260. The summed E-state index contributed by atoms with van der Waals surface area (Å²) >= 11 is 1.75. The molecule has 2 aliphatic rings. The first kappa shape index (κ1) is 19.5. The van der Waals surface area contributed by atoms with E-state index in [-0.39, 0.29) is 9.49 Å². The molecule has 4 heteroatoms. The highest BCUT2D eigenvalue weighted by Crippen LogP contribution is 2.45. The van der Waals surface area contributed by atoms with E-state index in [1.165, 1.54) is 44.6 Å². The Morgan fingerprint density at radius 1 is 0.840 bits per heavy atom. The number of halogens is 4. The fourth-order valence-electron chi connectivity index (χ4n) is 5.15. The highest BCUT2D eigenvalue weighted by Gasteiger charge is 2.32. The Labute approximate surface area is 163 Å². The molecule has 0 unspecified atom stereocenters. The second kappa shape index (κ2) is 8.62. The van der Waals surface area contributed by atoms with Gasteiger partial charge in [-0.05, 0) is 96.4 Å². The number of hydrogen-bond donors (Lipinski definition) is 0. The van der Waals surface area contributed by atoms with Crippen LogP contribution in [0.15, 0.2) is 6.07 Å². The molecule has 0 saturated heterocycles. The Balaban J connectivity index is 1.58. The second-order valence-corrected chi connectivity index (χ2v) is 9.23. The fourth-order valence-corrected chi connectivity index (χ4v) is 5.72. The van der Waals surface area contributed by atoms with Crippen LogP contribution < -0.4 is 0 Å². The second-order valence-electron chi connectivity index (χ2n) is 8.07. The van der Waals surface area contributed by atoms with Gasteiger partial charge in [0, 0.05) is 0 Å². The van der Waals surface area contributed by atoms with E-state index < -0.39 is 17.5 Å². The van der Waals surface area contributed by atoms with Crippen LogP contribution in [-0.2, 0) is 0 Å². The minimum atomic E-state index is -1.31. The molecule has 0 amide bonds. The third kappa shape index (κ3) is 4.36. The maximum Gasteiger partial charge on any atom is 0.195 e. The zero-order chi connectivity index (χ0) is 18.0. The van der Waals surface area contributed by atoms with Gasteiger partial charge in [0.15, 0.2) is 17.5 Å². The predicted octanol–water partition coefficient (Wildman–Crippen LogP) is 7.59. The molecule has 1 aromatic rings. The molecule has 0 radical (unpaired) electrons. The molecule has 0 atom stereocenters. The molecule has 0 aliphatic heterocycles. The van der Waals surface area contributed by atoms with Crippen molar-refractivity contribution in [1.82, 2.24) is 0 Å². The summed E-state index contributed by atoms with van der Waals surface area (Å²) in [5, 5.41) is 0. The van der Waals surface area contributed by atoms with Gasteiger partial charge in [0.2, 0.25) is 0 Å². The lowest BCUT2D eigenvalue weighted by Gasteiger charge is -2.38. The monoisotopic (exact) mass is 464 g/mol. The Morgan fingerprint density at radius 2 is 1.40 bits per heavy atom. The first-order valence-corrected chi connectivity index (χ1v) is 10.9. The van der Waals surface area contributed by atoms with E-state index in [1.54, 1.807) is 22.6 Å². The van der Waals surface area contributed by atoms with Gasteiger partial charge in [0.25, 0.3) is 0 Å². The van der Waals surface area contributed by atoms with Gasteiger partial charge in [-0.2, -0.15) is 0 Å². The SMILES string of the molecule is CCC[C@H]1CC[C@H](C2CCC(c3cc(I)c(F)c(F)c3F)CC2)CC1. The van der Waals surface area contributed by atoms with Gasteiger partial charge in [0.05, 0.1) is 3.57 Å². The summed E-state index contributed by atoms with van der Waals surface area (Å²) < 4.78 is 41.6. The van der Waals surface area contributed by atoms with Gasteiger partial charge >= 0.3 is 0 Å². The topological polar surface area (TPSA) is 0 Å². The van der Waals surface area contributed by atoms with Crippen LogP contribution in [0.1, 0.15) is 82.6 Å². The van der Waals surface area contributed by atoms with Crippen molar-refractivity contribution in [2.75, 3.05) is 0 Å². The van der Waals surface area contributed by atoms with Gasteiger partial charge in [-0.25, -0.2) is 13.2 Å². The molecule has 140 valence electrons. The van der Waals surface area contributed by atoms with Crippen LogP contribution in [-0.4, -0.2) is 0 Å². The van der Waals surface area contributed by atoms with Crippen LogP contribution in [0.3, 0.4) is 0 Å². The Bertz CT molecular complexity index is 585. The van der Waals surface area contributed by atoms with E-state index in [0.29, 0.717) is 5.56 Å². The molecule has 25 heavy (non-hydrogen) atoms. The Morgan fingerprint density at radius 3 is 1.96 bits per heavy atom. The van der Waals surface area contributed by atoms with Crippen molar-refractivity contribution < 1.29 is 13.2 Å². The number of benzene rings is 1. The van der Waals surface area contributed by atoms with Crippen molar-refractivity contribution in [3.63, 3.8) is 0 Å². The lowest BCUT2D eigenvalue weighted by molar-refractivity contribution is 0.155. The van der Waals surface area contributed by atoms with E-state index in [4.69, 9.17) is 0 Å². The molecule has 0 aromatic heterocycles. The van der Waals surface area contributed by atoms with Crippen molar-refractivity contribution in [2.45, 2.75) is 77.0 Å². The summed E-state index contributed by atoms with van der Waals surface area (Å²) in [5.41, 5.74) is 0.383. The normalized spacial score (nSPS) is 30.4. The van der Waals surface area contributed by atoms with Crippen molar-refractivity contribution in [3.8, 4) is 0 Å². The Kier molecular flexibility index (Phi) is 6.72. The zero-order valence-corrected chi connectivity index (χ0v) is 17.1. The first-order valence-electron chi connectivity index (χ1n) is 9.84. The molecule has 0 nitrogen and oxygen atoms in total. The third-order valence-corrected chi connectivity index (χ3v) is 7.38. The molecule has 2 fully saturated rings. The maximum atomic E-state index is 14.2. The van der Waals surface area contributed by atoms with Crippen LogP contribution in [0, 0.1) is 38.8 Å². The van der Waals surface area contributed by atoms with Crippen LogP contribution >= 0.6 is 22.6 Å². The first-order chi connectivity index (χ1) is 12.0. The largest absolute Gasteiger partial charge is 0.203 e. The summed E-state index contributed by atoms with van der Waals surface area (Å²) in [5.74, 6) is -0.804. The predicted molar refractivity (Wildman–Crippen MR) is 104 cm³/mol. The highest BCUT2D eigenvalue weighted by molar-refractivity contribution is 14.1. The number of rotatable bonds is 4. The molecule has 0 spiro atoms. The van der Waals surface area contributed by atoms with E-state index in [0.717, 1.165) is 43.4 Å². The molecule has 2 aliphatic carbocycles. The third-order valence-electron chi connectivity index (χ3n) is 6.60. The van der Waals surface area contributed by atoms with Crippen LogP contribution in [0.25, 0.3) is 0 Å². The molecule has 1 aromatic carbocycles. The van der Waals surface area contributed by atoms with Gasteiger partial charge in [-0.3, -0.25) is 0 Å². The highest BCUT2D eigenvalue weighted by atomic mass is 127. The summed E-state index contributed by atoms with van der Waals surface area (Å²) in [4.78, 5) is 0. The summed E-state index contributed by atoms with van der Waals surface area (Å²) in [6, 6.07) is 1.51. The van der Waals surface area contributed by atoms with Gasteiger partial charge in [-0.15, -0.1) is 0 Å². The maximum absolute atomic E-state index is 14.2. The molecule has 2 saturated carbocycles. The van der Waals surface area contributed by atoms with E-state index in [9.17, 15) is 13.2 Å². The van der Waals surface area contributed by atoms with Crippen molar-refractivity contribution in [1.29, 1.82) is 0 Å². The smallest absolute Gasteiger partial charge is 0.195 e. The van der Waals surface area contributed by atoms with Gasteiger partial charge < -0.3 is 0 Å². The quantitative estimate of drug-likeness (QED) is 0.245. The van der Waals surface area contributed by atoms with E-state index >= 15 is 0 Å². The minimum absolute atomic E-state index is 0.0382. The molecule has 0 N–H and O–H groups in total. The summed E-state index contributed by atoms with van der Waals surface area (Å²) in [6.45, 7) is 2.27. The van der Waals surface area contributed by atoms with Crippen molar-refractivity contribution in [3.05, 3.63) is 32.7 Å². The van der Waals surface area contributed by atoms with Gasteiger partial charge in [0.1, 0.15) is 0 Å². The van der Waals surface area contributed by atoms with Gasteiger partial charge in [-0.1, -0.05) is 32.6 Å². The lowest BCUT2D eigenvalue weighted by atomic mass is 9.68. The minimum Gasteiger partial charge on any atom is -0.203 e. The van der Waals surface area contributed by atoms with Crippen LogP contribution in [0.2, 0.25) is 0 Å². The zero-order valence-electron chi connectivity index (χ0n) is 15.0. The molecular formula is C21H28F3I. The van der Waals surface area contributed by atoms with Crippen LogP contribution in [0.5, 0.6) is 0 Å². The van der Waals surface area contributed by atoms with Crippen LogP contribution in [0.4, 0.5) is 13.2 Å². The average Bonchev–Trinajstić information content (AvgIpc) is 2.64. The summed E-state index contributed by atoms with van der Waals surface area (Å²) in [7, 11) is 0. The molecule has 0 bridgehead atoms. The average molecular weight is 464 g/mol. The van der Waals surface area contributed by atoms with E-state index in [1.807, 2.05) is 0 Å².